The zero-order chi connectivity index (χ0) is 24.1. The predicted octanol–water partition coefficient (Wildman–Crippen LogP) is 2.30. The van der Waals surface area contributed by atoms with Crippen molar-refractivity contribution in [1.82, 2.24) is 4.98 Å². The molecule has 1 saturated carbocycles. The fraction of sp³-hybridized carbons (Fsp3) is 0.240. The van der Waals surface area contributed by atoms with Gasteiger partial charge in [0.15, 0.2) is 22.3 Å². The van der Waals surface area contributed by atoms with Crippen molar-refractivity contribution in [1.29, 1.82) is 10.5 Å². The number of hydrogen-bond acceptors (Lipinski definition) is 7. The van der Waals surface area contributed by atoms with Gasteiger partial charge in [-0.15, -0.1) is 0 Å². The van der Waals surface area contributed by atoms with Crippen LogP contribution in [0.3, 0.4) is 0 Å². The van der Waals surface area contributed by atoms with Crippen molar-refractivity contribution in [2.45, 2.75) is 23.2 Å². The van der Waals surface area contributed by atoms with Crippen molar-refractivity contribution in [3.63, 3.8) is 0 Å². The number of benzene rings is 2. The van der Waals surface area contributed by atoms with Gasteiger partial charge < -0.3 is 19.5 Å². The Morgan fingerprint density at radius 1 is 1.06 bits per heavy atom. The Labute approximate surface area is 198 Å². The van der Waals surface area contributed by atoms with Crippen molar-refractivity contribution in [2.75, 3.05) is 5.75 Å². The average Bonchev–Trinajstić information content (AvgIpc) is 3.22. The number of aliphatic hydroxyl groups excluding tert-OH is 1. The molecule has 3 aromatic rings. The Bertz CT molecular complexity index is 1370. The Balaban J connectivity index is 1.84. The van der Waals surface area contributed by atoms with E-state index in [4.69, 9.17) is 4.74 Å². The summed E-state index contributed by atoms with van der Waals surface area (Å²) in [5.41, 5.74) is -1.93. The molecule has 1 aliphatic carbocycles. The van der Waals surface area contributed by atoms with Crippen molar-refractivity contribution in [3.8, 4) is 17.9 Å². The first-order valence-electron chi connectivity index (χ1n) is 10.5. The second kappa shape index (κ2) is 8.01. The number of nitrogens with zero attached hydrogens (tertiary/aromatic N) is 3. The van der Waals surface area contributed by atoms with Crippen molar-refractivity contribution in [3.05, 3.63) is 94.8 Å². The maximum atomic E-state index is 12.3. The summed E-state index contributed by atoms with van der Waals surface area (Å²) in [5.74, 6) is -1.80. The molecule has 0 bridgehead atoms. The fourth-order valence-corrected chi connectivity index (χ4v) is 6.20. The molecular weight excluding hydrogens is 454 g/mol. The SMILES string of the molecule is N#Cc1ccc([C@@]23Oc4cc(C#N)cnc4[C@]2(O)[C@@H](O)[C@H](CS(=O)O)[C@H]3c2ccccc2)cc1. The summed E-state index contributed by atoms with van der Waals surface area (Å²) in [6.45, 7) is 0. The van der Waals surface area contributed by atoms with E-state index in [0.29, 0.717) is 16.7 Å². The topological polar surface area (TPSA) is 147 Å². The highest BCUT2D eigenvalue weighted by Gasteiger charge is 2.76. The Kier molecular flexibility index (Phi) is 5.23. The maximum absolute atomic E-state index is 12.3. The minimum atomic E-state index is -2.27. The van der Waals surface area contributed by atoms with Crippen LogP contribution in [0.4, 0.5) is 0 Å². The normalized spacial score (nSPS) is 29.9. The lowest BCUT2D eigenvalue weighted by Gasteiger charge is -2.40. The van der Waals surface area contributed by atoms with E-state index in [0.717, 1.165) is 0 Å². The zero-order valence-corrected chi connectivity index (χ0v) is 18.5. The van der Waals surface area contributed by atoms with Gasteiger partial charge in [0.05, 0.1) is 29.1 Å². The van der Waals surface area contributed by atoms with E-state index < -0.39 is 40.2 Å². The smallest absolute Gasteiger partial charge is 0.181 e. The van der Waals surface area contributed by atoms with Gasteiger partial charge >= 0.3 is 0 Å². The first kappa shape index (κ1) is 22.2. The summed E-state index contributed by atoms with van der Waals surface area (Å²) in [7, 11) is 0. The second-order valence-corrected chi connectivity index (χ2v) is 9.44. The highest BCUT2D eigenvalue weighted by Crippen LogP contribution is 2.68. The highest BCUT2D eigenvalue weighted by atomic mass is 32.2. The van der Waals surface area contributed by atoms with Gasteiger partial charge in [-0.2, -0.15) is 10.5 Å². The van der Waals surface area contributed by atoms with E-state index in [-0.39, 0.29) is 22.8 Å². The number of aliphatic hydroxyl groups is 2. The third-order valence-corrected chi connectivity index (χ3v) is 7.49. The fourth-order valence-electron chi connectivity index (χ4n) is 5.50. The molecule has 170 valence electrons. The minimum absolute atomic E-state index is 0.0514. The molecule has 9 heteroatoms. The number of fused-ring (bicyclic) bond motifs is 3. The third kappa shape index (κ3) is 2.92. The van der Waals surface area contributed by atoms with E-state index in [9.17, 15) is 29.5 Å². The third-order valence-electron chi connectivity index (χ3n) is 6.82. The summed E-state index contributed by atoms with van der Waals surface area (Å²) in [4.78, 5) is 4.29. The molecule has 0 amide bonds. The molecule has 34 heavy (non-hydrogen) atoms. The first-order valence-corrected chi connectivity index (χ1v) is 11.8. The van der Waals surface area contributed by atoms with E-state index in [1.54, 1.807) is 36.4 Å². The van der Waals surface area contributed by atoms with E-state index in [1.165, 1.54) is 12.3 Å². The van der Waals surface area contributed by atoms with Gasteiger partial charge in [0.25, 0.3) is 0 Å². The summed E-state index contributed by atoms with van der Waals surface area (Å²) < 4.78 is 28.2. The number of ether oxygens (including phenoxy) is 1. The molecule has 0 saturated heterocycles. The summed E-state index contributed by atoms with van der Waals surface area (Å²) >= 11 is -2.27. The Hall–Kier alpha value is -3.60. The van der Waals surface area contributed by atoms with Crippen LogP contribution in [0.5, 0.6) is 5.75 Å². The first-order chi connectivity index (χ1) is 16.4. The highest BCUT2D eigenvalue weighted by molar-refractivity contribution is 7.79. The molecule has 6 atom stereocenters. The van der Waals surface area contributed by atoms with Gasteiger partial charge in [0, 0.05) is 24.1 Å². The van der Waals surface area contributed by atoms with Crippen LogP contribution >= 0.6 is 0 Å². The predicted molar refractivity (Wildman–Crippen MR) is 121 cm³/mol. The van der Waals surface area contributed by atoms with E-state index in [1.807, 2.05) is 24.3 Å². The molecule has 3 N–H and O–H groups in total. The minimum Gasteiger partial charge on any atom is -0.476 e. The molecule has 8 nitrogen and oxygen atoms in total. The second-order valence-electron chi connectivity index (χ2n) is 8.46. The quantitative estimate of drug-likeness (QED) is 0.489. The van der Waals surface area contributed by atoms with Crippen LogP contribution in [0.25, 0.3) is 0 Å². The standard InChI is InChI=1S/C25H19N3O5S/c26-11-15-6-8-18(9-7-15)25-21(17-4-2-1-3-5-17)19(14-34(31)32)23(29)24(25,30)22-20(33-25)10-16(12-27)13-28-22/h1-10,13,19,21,23,29-30H,14H2,(H,31,32)/t19-,21-,23+,24+,25+/m1/s1. The number of aromatic nitrogens is 1. The lowest BCUT2D eigenvalue weighted by atomic mass is 9.71. The van der Waals surface area contributed by atoms with Gasteiger partial charge in [-0.3, -0.25) is 4.98 Å². The largest absolute Gasteiger partial charge is 0.476 e. The summed E-state index contributed by atoms with van der Waals surface area (Å²) in [6.07, 6.45) is -0.234. The molecule has 1 unspecified atom stereocenters. The van der Waals surface area contributed by atoms with Gasteiger partial charge in [0.1, 0.15) is 17.5 Å². The molecule has 1 aromatic heterocycles. The number of nitriles is 2. The van der Waals surface area contributed by atoms with Crippen molar-refractivity contribution < 1.29 is 23.7 Å². The molecule has 2 aliphatic rings. The lowest BCUT2D eigenvalue weighted by Crippen LogP contribution is -2.52. The van der Waals surface area contributed by atoms with Gasteiger partial charge in [0.2, 0.25) is 0 Å². The molecular formula is C25H19N3O5S. The van der Waals surface area contributed by atoms with Crippen LogP contribution < -0.4 is 4.74 Å². The van der Waals surface area contributed by atoms with Crippen LogP contribution in [0, 0.1) is 28.6 Å². The van der Waals surface area contributed by atoms with Crippen molar-refractivity contribution >= 4 is 11.1 Å². The molecule has 2 heterocycles. The summed E-state index contributed by atoms with van der Waals surface area (Å²) in [5, 5.41) is 42.5. The van der Waals surface area contributed by atoms with Crippen molar-refractivity contribution in [2.24, 2.45) is 5.92 Å². The molecule has 0 radical (unpaired) electrons. The molecule has 2 aromatic carbocycles. The lowest BCUT2D eigenvalue weighted by molar-refractivity contribution is -0.152. The molecule has 1 aliphatic heterocycles. The van der Waals surface area contributed by atoms with Gasteiger partial charge in [-0.1, -0.05) is 42.5 Å². The summed E-state index contributed by atoms with van der Waals surface area (Å²) in [6, 6.07) is 21.0. The van der Waals surface area contributed by atoms with Gasteiger partial charge in [-0.25, -0.2) is 4.21 Å². The maximum Gasteiger partial charge on any atom is 0.181 e. The van der Waals surface area contributed by atoms with E-state index >= 15 is 0 Å². The Morgan fingerprint density at radius 2 is 1.74 bits per heavy atom. The van der Waals surface area contributed by atoms with Crippen LogP contribution in [-0.4, -0.2) is 35.8 Å². The molecule has 5 rings (SSSR count). The molecule has 1 fully saturated rings. The zero-order valence-electron chi connectivity index (χ0n) is 17.7. The van der Waals surface area contributed by atoms with Gasteiger partial charge in [-0.05, 0) is 23.3 Å². The Morgan fingerprint density at radius 3 is 2.35 bits per heavy atom. The van der Waals surface area contributed by atoms with Crippen LogP contribution in [-0.2, 0) is 22.3 Å². The van der Waals surface area contributed by atoms with E-state index in [2.05, 4.69) is 11.1 Å². The van der Waals surface area contributed by atoms with Crippen LogP contribution in [0.15, 0.2) is 66.9 Å². The average molecular weight is 474 g/mol. The van der Waals surface area contributed by atoms with Crippen LogP contribution in [0.2, 0.25) is 0 Å². The number of rotatable bonds is 4. The monoisotopic (exact) mass is 473 g/mol. The number of hydrogen-bond donors (Lipinski definition) is 3. The molecule has 0 spiro atoms. The van der Waals surface area contributed by atoms with Crippen LogP contribution in [0.1, 0.15) is 33.9 Å². The number of pyridine rings is 1.